The Morgan fingerprint density at radius 2 is 1.57 bits per heavy atom. The van der Waals surface area contributed by atoms with Crippen molar-refractivity contribution in [3.8, 4) is 0 Å². The number of unbranched alkanes of at least 4 members (excludes halogenated alkanes) is 5. The maximum absolute atomic E-state index is 6.08. The standard InChI is InChI=1S/C19H34N2/c1-3-5-7-8-10-15-19(17-20)21(16-6-4-2)18-13-11-9-12-14-18/h9,11-14,19H,3-8,10,15-17,20H2,1-2H3. The monoisotopic (exact) mass is 290 g/mol. The molecule has 0 amide bonds. The first-order chi connectivity index (χ1) is 10.3. The third-order valence-corrected chi connectivity index (χ3v) is 4.19. The van der Waals surface area contributed by atoms with Gasteiger partial charge < -0.3 is 10.6 Å². The Kier molecular flexibility index (Phi) is 9.98. The van der Waals surface area contributed by atoms with Gasteiger partial charge in [0.1, 0.15) is 0 Å². The SMILES string of the molecule is CCCCCCCC(CN)N(CCCC)c1ccccc1. The summed E-state index contributed by atoms with van der Waals surface area (Å²) in [6.45, 7) is 6.40. The van der Waals surface area contributed by atoms with Gasteiger partial charge >= 0.3 is 0 Å². The van der Waals surface area contributed by atoms with Gasteiger partial charge in [0.05, 0.1) is 0 Å². The molecule has 2 N–H and O–H groups in total. The molecule has 0 saturated carbocycles. The number of nitrogens with two attached hydrogens (primary N) is 1. The topological polar surface area (TPSA) is 29.3 Å². The molecule has 1 unspecified atom stereocenters. The van der Waals surface area contributed by atoms with Gasteiger partial charge in [-0.05, 0) is 25.0 Å². The van der Waals surface area contributed by atoms with Gasteiger partial charge in [0.2, 0.25) is 0 Å². The van der Waals surface area contributed by atoms with Crippen LogP contribution in [0.5, 0.6) is 0 Å². The third-order valence-electron chi connectivity index (χ3n) is 4.19. The van der Waals surface area contributed by atoms with E-state index >= 15 is 0 Å². The molecule has 0 spiro atoms. The van der Waals surface area contributed by atoms with Crippen molar-refractivity contribution in [1.29, 1.82) is 0 Å². The predicted molar refractivity (Wildman–Crippen MR) is 94.9 cm³/mol. The van der Waals surface area contributed by atoms with E-state index < -0.39 is 0 Å². The normalized spacial score (nSPS) is 12.3. The lowest BCUT2D eigenvalue weighted by atomic mass is 10.0. The second-order valence-corrected chi connectivity index (χ2v) is 5.97. The van der Waals surface area contributed by atoms with Gasteiger partial charge in [-0.25, -0.2) is 0 Å². The van der Waals surface area contributed by atoms with Crippen molar-refractivity contribution in [2.45, 2.75) is 71.3 Å². The fourth-order valence-electron chi connectivity index (χ4n) is 2.85. The molecule has 21 heavy (non-hydrogen) atoms. The van der Waals surface area contributed by atoms with Crippen molar-refractivity contribution in [3.05, 3.63) is 30.3 Å². The summed E-state index contributed by atoms with van der Waals surface area (Å²) in [6, 6.07) is 11.3. The molecule has 1 aromatic carbocycles. The van der Waals surface area contributed by atoms with E-state index in [0.29, 0.717) is 6.04 Å². The van der Waals surface area contributed by atoms with Crippen LogP contribution in [0.25, 0.3) is 0 Å². The average molecular weight is 290 g/mol. The fourth-order valence-corrected chi connectivity index (χ4v) is 2.85. The van der Waals surface area contributed by atoms with Gasteiger partial charge in [-0.3, -0.25) is 0 Å². The molecule has 0 bridgehead atoms. The lowest BCUT2D eigenvalue weighted by molar-refractivity contribution is 0.504. The van der Waals surface area contributed by atoms with Crippen molar-refractivity contribution in [2.24, 2.45) is 5.73 Å². The Balaban J connectivity index is 2.56. The number of hydrogen-bond acceptors (Lipinski definition) is 2. The van der Waals surface area contributed by atoms with Crippen molar-refractivity contribution < 1.29 is 0 Å². The van der Waals surface area contributed by atoms with Crippen LogP contribution in [0, 0.1) is 0 Å². The predicted octanol–water partition coefficient (Wildman–Crippen LogP) is 4.98. The zero-order chi connectivity index (χ0) is 15.3. The lowest BCUT2D eigenvalue weighted by Gasteiger charge is -2.33. The number of benzene rings is 1. The van der Waals surface area contributed by atoms with Crippen molar-refractivity contribution >= 4 is 5.69 Å². The van der Waals surface area contributed by atoms with Gasteiger partial charge in [0.25, 0.3) is 0 Å². The Hall–Kier alpha value is -1.02. The number of hydrogen-bond donors (Lipinski definition) is 1. The molecule has 1 aromatic rings. The number of para-hydroxylation sites is 1. The molecule has 120 valence electrons. The first-order valence-electron chi connectivity index (χ1n) is 8.85. The van der Waals surface area contributed by atoms with Crippen LogP contribution in [0.2, 0.25) is 0 Å². The minimum absolute atomic E-state index is 0.487. The molecule has 0 saturated heterocycles. The Morgan fingerprint density at radius 3 is 2.19 bits per heavy atom. The van der Waals surface area contributed by atoms with Crippen LogP contribution in [0.1, 0.15) is 65.2 Å². The van der Waals surface area contributed by atoms with E-state index in [-0.39, 0.29) is 0 Å². The molecule has 1 atom stereocenters. The van der Waals surface area contributed by atoms with Gasteiger partial charge in [0, 0.05) is 24.8 Å². The van der Waals surface area contributed by atoms with E-state index in [4.69, 9.17) is 5.73 Å². The molecular weight excluding hydrogens is 256 g/mol. The summed E-state index contributed by atoms with van der Waals surface area (Å²) in [4.78, 5) is 2.53. The summed E-state index contributed by atoms with van der Waals surface area (Å²) in [7, 11) is 0. The van der Waals surface area contributed by atoms with Crippen molar-refractivity contribution in [1.82, 2.24) is 0 Å². The van der Waals surface area contributed by atoms with Gasteiger partial charge in [-0.2, -0.15) is 0 Å². The van der Waals surface area contributed by atoms with Crippen LogP contribution in [0.4, 0.5) is 5.69 Å². The van der Waals surface area contributed by atoms with Crippen LogP contribution in [0.15, 0.2) is 30.3 Å². The van der Waals surface area contributed by atoms with Gasteiger partial charge in [0.15, 0.2) is 0 Å². The van der Waals surface area contributed by atoms with Crippen molar-refractivity contribution in [2.75, 3.05) is 18.0 Å². The smallest absolute Gasteiger partial charge is 0.0412 e. The summed E-state index contributed by atoms with van der Waals surface area (Å²) in [5, 5.41) is 0. The van der Waals surface area contributed by atoms with E-state index in [0.717, 1.165) is 13.1 Å². The Bertz CT molecular complexity index is 337. The molecule has 0 fully saturated rings. The lowest BCUT2D eigenvalue weighted by Crippen LogP contribution is -2.41. The van der Waals surface area contributed by atoms with Crippen molar-refractivity contribution in [3.63, 3.8) is 0 Å². The van der Waals surface area contributed by atoms with E-state index in [1.165, 1.54) is 57.1 Å². The van der Waals surface area contributed by atoms with Crippen LogP contribution < -0.4 is 10.6 Å². The van der Waals surface area contributed by atoms with Gasteiger partial charge in [-0.1, -0.05) is 70.6 Å². The second kappa shape index (κ2) is 11.6. The summed E-state index contributed by atoms with van der Waals surface area (Å²) in [6.07, 6.45) is 10.4. The zero-order valence-corrected chi connectivity index (χ0v) is 14.1. The fraction of sp³-hybridized carbons (Fsp3) is 0.684. The zero-order valence-electron chi connectivity index (χ0n) is 14.1. The van der Waals surface area contributed by atoms with Gasteiger partial charge in [-0.15, -0.1) is 0 Å². The first kappa shape index (κ1) is 18.0. The summed E-state index contributed by atoms with van der Waals surface area (Å²) >= 11 is 0. The molecule has 0 aromatic heterocycles. The molecule has 2 heteroatoms. The summed E-state index contributed by atoms with van der Waals surface area (Å²) < 4.78 is 0. The summed E-state index contributed by atoms with van der Waals surface area (Å²) in [5.41, 5.74) is 7.41. The Morgan fingerprint density at radius 1 is 0.905 bits per heavy atom. The van der Waals surface area contributed by atoms with Crippen LogP contribution in [-0.2, 0) is 0 Å². The molecule has 0 aliphatic carbocycles. The number of anilines is 1. The van der Waals surface area contributed by atoms with Crippen LogP contribution >= 0.6 is 0 Å². The minimum atomic E-state index is 0.487. The quantitative estimate of drug-likeness (QED) is 0.550. The summed E-state index contributed by atoms with van der Waals surface area (Å²) in [5.74, 6) is 0. The third kappa shape index (κ3) is 6.99. The highest BCUT2D eigenvalue weighted by Crippen LogP contribution is 2.20. The molecular formula is C19H34N2. The highest BCUT2D eigenvalue weighted by Gasteiger charge is 2.16. The van der Waals surface area contributed by atoms with E-state index in [1.807, 2.05) is 0 Å². The van der Waals surface area contributed by atoms with E-state index in [9.17, 15) is 0 Å². The maximum atomic E-state index is 6.08. The average Bonchev–Trinajstić information content (AvgIpc) is 2.54. The molecule has 0 aliphatic rings. The molecule has 2 nitrogen and oxygen atoms in total. The highest BCUT2D eigenvalue weighted by atomic mass is 15.2. The Labute approximate surface area is 131 Å². The van der Waals surface area contributed by atoms with E-state index in [1.54, 1.807) is 0 Å². The molecule has 1 rings (SSSR count). The second-order valence-electron chi connectivity index (χ2n) is 5.97. The number of rotatable bonds is 12. The first-order valence-corrected chi connectivity index (χ1v) is 8.85. The maximum Gasteiger partial charge on any atom is 0.0412 e. The largest absolute Gasteiger partial charge is 0.367 e. The highest BCUT2D eigenvalue weighted by molar-refractivity contribution is 5.47. The number of nitrogens with zero attached hydrogens (tertiary/aromatic N) is 1. The van der Waals surface area contributed by atoms with E-state index in [2.05, 4.69) is 49.1 Å². The van der Waals surface area contributed by atoms with Crippen LogP contribution in [-0.4, -0.2) is 19.1 Å². The molecule has 0 radical (unpaired) electrons. The molecule has 0 aliphatic heterocycles. The minimum Gasteiger partial charge on any atom is -0.367 e. The molecule has 0 heterocycles. The van der Waals surface area contributed by atoms with Crippen LogP contribution in [0.3, 0.4) is 0 Å².